The number of carbonyl (C=O) groups is 1. The second-order valence-electron chi connectivity index (χ2n) is 6.95. The van der Waals surface area contributed by atoms with Gasteiger partial charge in [0.15, 0.2) is 0 Å². The van der Waals surface area contributed by atoms with Crippen LogP contribution < -0.4 is 9.64 Å². The minimum atomic E-state index is -4.40. The van der Waals surface area contributed by atoms with E-state index in [9.17, 15) is 18.0 Å². The fourth-order valence-electron chi connectivity index (χ4n) is 3.10. The summed E-state index contributed by atoms with van der Waals surface area (Å²) in [6, 6.07) is 8.71. The Bertz CT molecular complexity index is 800. The van der Waals surface area contributed by atoms with E-state index >= 15 is 0 Å². The van der Waals surface area contributed by atoms with Gasteiger partial charge < -0.3 is 14.4 Å². The average Bonchev–Trinajstić information content (AvgIpc) is 2.57. The standard InChI is InChI=1S/C20H21F3N2O2/c1-13(7-14(2)26)15-3-5-18(6-4-15)27-19-11-25(12-19)17-8-16(9-24-10-17)20(21,22)23/h3-6,8-10,13,19H,7,11-12H2,1-2H3/t13-/m1/s1. The number of alkyl halides is 3. The molecule has 0 aliphatic carbocycles. The summed E-state index contributed by atoms with van der Waals surface area (Å²) >= 11 is 0. The van der Waals surface area contributed by atoms with Crippen LogP contribution in [0.5, 0.6) is 5.75 Å². The fraction of sp³-hybridized carbons (Fsp3) is 0.400. The van der Waals surface area contributed by atoms with Gasteiger partial charge in [0, 0.05) is 12.6 Å². The number of benzene rings is 1. The minimum absolute atomic E-state index is 0.0833. The van der Waals surface area contributed by atoms with Crippen LogP contribution in [0.15, 0.2) is 42.7 Å². The number of halogens is 3. The molecule has 1 atom stereocenters. The summed E-state index contributed by atoms with van der Waals surface area (Å²) in [6.45, 7) is 4.59. The van der Waals surface area contributed by atoms with E-state index in [0.717, 1.165) is 17.8 Å². The van der Waals surface area contributed by atoms with Gasteiger partial charge in [-0.1, -0.05) is 19.1 Å². The van der Waals surface area contributed by atoms with Crippen molar-refractivity contribution in [1.82, 2.24) is 4.98 Å². The molecule has 0 unspecified atom stereocenters. The lowest BCUT2D eigenvalue weighted by Gasteiger charge is -2.40. The molecule has 2 aromatic rings. The maximum atomic E-state index is 12.8. The topological polar surface area (TPSA) is 42.4 Å². The molecule has 2 heterocycles. The number of hydrogen-bond donors (Lipinski definition) is 0. The van der Waals surface area contributed by atoms with Crippen molar-refractivity contribution in [2.24, 2.45) is 0 Å². The van der Waals surface area contributed by atoms with Crippen molar-refractivity contribution < 1.29 is 22.7 Å². The van der Waals surface area contributed by atoms with Crippen molar-refractivity contribution in [3.8, 4) is 5.75 Å². The SMILES string of the molecule is CC(=O)C[C@@H](C)c1ccc(OC2CN(c3cncc(C(F)(F)F)c3)C2)cc1. The van der Waals surface area contributed by atoms with Crippen LogP contribution in [0.2, 0.25) is 0 Å². The predicted octanol–water partition coefficient (Wildman–Crippen LogP) is 4.45. The third-order valence-corrected chi connectivity index (χ3v) is 4.61. The second-order valence-corrected chi connectivity index (χ2v) is 6.95. The zero-order valence-corrected chi connectivity index (χ0v) is 15.2. The Balaban J connectivity index is 1.54. The van der Waals surface area contributed by atoms with Crippen molar-refractivity contribution in [2.75, 3.05) is 18.0 Å². The highest BCUT2D eigenvalue weighted by Crippen LogP contribution is 2.32. The van der Waals surface area contributed by atoms with Crippen molar-refractivity contribution in [3.63, 3.8) is 0 Å². The van der Waals surface area contributed by atoms with E-state index in [0.29, 0.717) is 30.9 Å². The molecule has 0 N–H and O–H groups in total. The Hall–Kier alpha value is -2.57. The highest BCUT2D eigenvalue weighted by molar-refractivity contribution is 5.76. The number of carbonyl (C=O) groups excluding carboxylic acids is 1. The molecule has 1 aromatic heterocycles. The van der Waals surface area contributed by atoms with Crippen LogP contribution in [-0.4, -0.2) is 30.0 Å². The van der Waals surface area contributed by atoms with E-state index in [-0.39, 0.29) is 17.8 Å². The van der Waals surface area contributed by atoms with Crippen molar-refractivity contribution in [1.29, 1.82) is 0 Å². The first kappa shape index (κ1) is 19.2. The lowest BCUT2D eigenvalue weighted by Crippen LogP contribution is -2.54. The zero-order valence-electron chi connectivity index (χ0n) is 15.2. The number of hydrogen-bond acceptors (Lipinski definition) is 4. The van der Waals surface area contributed by atoms with Crippen molar-refractivity contribution in [2.45, 2.75) is 38.5 Å². The summed E-state index contributed by atoms with van der Waals surface area (Å²) in [5.41, 5.74) is 0.764. The number of pyridine rings is 1. The summed E-state index contributed by atoms with van der Waals surface area (Å²) < 4.78 is 44.2. The molecule has 0 saturated carbocycles. The lowest BCUT2D eigenvalue weighted by atomic mass is 9.96. The van der Waals surface area contributed by atoms with Crippen LogP contribution in [-0.2, 0) is 11.0 Å². The highest BCUT2D eigenvalue weighted by atomic mass is 19.4. The Labute approximate surface area is 156 Å². The van der Waals surface area contributed by atoms with Gasteiger partial charge >= 0.3 is 6.18 Å². The molecule has 1 aliphatic heterocycles. The molecule has 0 spiro atoms. The molecule has 0 bridgehead atoms. The Morgan fingerprint density at radius 2 is 1.93 bits per heavy atom. The van der Waals surface area contributed by atoms with Crippen molar-refractivity contribution >= 4 is 11.5 Å². The third kappa shape index (κ3) is 4.78. The van der Waals surface area contributed by atoms with Crippen LogP contribution in [0.25, 0.3) is 0 Å². The van der Waals surface area contributed by atoms with E-state index < -0.39 is 11.7 Å². The molecular weight excluding hydrogens is 357 g/mol. The molecule has 1 fully saturated rings. The van der Waals surface area contributed by atoms with Gasteiger partial charge in [0.1, 0.15) is 17.6 Å². The molecule has 144 valence electrons. The maximum Gasteiger partial charge on any atom is 0.417 e. The Kier molecular flexibility index (Phi) is 5.39. The third-order valence-electron chi connectivity index (χ3n) is 4.61. The molecule has 1 aliphatic rings. The molecule has 4 nitrogen and oxygen atoms in total. The maximum absolute atomic E-state index is 12.8. The van der Waals surface area contributed by atoms with E-state index in [2.05, 4.69) is 4.98 Å². The van der Waals surface area contributed by atoms with Crippen LogP contribution in [0, 0.1) is 0 Å². The van der Waals surface area contributed by atoms with Crippen LogP contribution in [0.1, 0.15) is 37.3 Å². The van der Waals surface area contributed by atoms with Gasteiger partial charge in [-0.15, -0.1) is 0 Å². The van der Waals surface area contributed by atoms with Gasteiger partial charge in [0.05, 0.1) is 30.5 Å². The normalized spacial score (nSPS) is 16.0. The van der Waals surface area contributed by atoms with Gasteiger partial charge in [-0.3, -0.25) is 4.98 Å². The lowest BCUT2D eigenvalue weighted by molar-refractivity contribution is -0.137. The number of Topliss-reactive ketones (excluding diaryl/α,β-unsaturated/α-hetero) is 1. The highest BCUT2D eigenvalue weighted by Gasteiger charge is 2.34. The van der Waals surface area contributed by atoms with Crippen LogP contribution in [0.4, 0.5) is 18.9 Å². The molecule has 1 aromatic carbocycles. The first-order chi connectivity index (χ1) is 12.7. The summed E-state index contributed by atoms with van der Waals surface area (Å²) in [4.78, 5) is 16.7. The number of aromatic nitrogens is 1. The molecule has 1 saturated heterocycles. The van der Waals surface area contributed by atoms with E-state index in [1.54, 1.807) is 11.8 Å². The zero-order chi connectivity index (χ0) is 19.6. The van der Waals surface area contributed by atoms with E-state index in [1.807, 2.05) is 31.2 Å². The molecule has 7 heteroatoms. The fourth-order valence-corrected chi connectivity index (χ4v) is 3.10. The molecule has 0 amide bonds. The summed E-state index contributed by atoms with van der Waals surface area (Å²) in [6.07, 6.45) is -1.73. The molecule has 3 rings (SSSR count). The number of ketones is 1. The molecular formula is C20H21F3N2O2. The number of nitrogens with zero attached hydrogens (tertiary/aromatic N) is 2. The van der Waals surface area contributed by atoms with Gasteiger partial charge in [-0.05, 0) is 36.6 Å². The number of anilines is 1. The summed E-state index contributed by atoms with van der Waals surface area (Å²) in [5.74, 6) is 1.02. The largest absolute Gasteiger partial charge is 0.487 e. The number of rotatable bonds is 6. The van der Waals surface area contributed by atoms with Gasteiger partial charge in [0.2, 0.25) is 0 Å². The monoisotopic (exact) mass is 378 g/mol. The predicted molar refractivity (Wildman–Crippen MR) is 96.0 cm³/mol. The first-order valence-corrected chi connectivity index (χ1v) is 8.75. The smallest absolute Gasteiger partial charge is 0.417 e. The van der Waals surface area contributed by atoms with Crippen molar-refractivity contribution in [3.05, 3.63) is 53.9 Å². The number of ether oxygens (including phenoxy) is 1. The Morgan fingerprint density at radius 3 is 2.52 bits per heavy atom. The van der Waals surface area contributed by atoms with Crippen LogP contribution >= 0.6 is 0 Å². The second kappa shape index (κ2) is 7.58. The average molecular weight is 378 g/mol. The van der Waals surface area contributed by atoms with Gasteiger partial charge in [-0.25, -0.2) is 0 Å². The summed E-state index contributed by atoms with van der Waals surface area (Å²) in [5, 5.41) is 0. The van der Waals surface area contributed by atoms with Gasteiger partial charge in [0.25, 0.3) is 0 Å². The Morgan fingerprint density at radius 1 is 1.26 bits per heavy atom. The van der Waals surface area contributed by atoms with E-state index in [4.69, 9.17) is 4.74 Å². The quantitative estimate of drug-likeness (QED) is 0.745. The molecule has 27 heavy (non-hydrogen) atoms. The van der Waals surface area contributed by atoms with Crippen LogP contribution in [0.3, 0.4) is 0 Å². The summed E-state index contributed by atoms with van der Waals surface area (Å²) in [7, 11) is 0. The van der Waals surface area contributed by atoms with E-state index in [1.165, 1.54) is 6.20 Å². The minimum Gasteiger partial charge on any atom is -0.487 e. The first-order valence-electron chi connectivity index (χ1n) is 8.75. The molecule has 0 radical (unpaired) electrons. The van der Waals surface area contributed by atoms with Gasteiger partial charge in [-0.2, -0.15) is 13.2 Å².